The zero-order valence-corrected chi connectivity index (χ0v) is 8.07. The van der Waals surface area contributed by atoms with E-state index in [1.807, 2.05) is 0 Å². The summed E-state index contributed by atoms with van der Waals surface area (Å²) in [5, 5.41) is 9.47. The first-order chi connectivity index (χ1) is 7.13. The molecule has 1 heterocycles. The Bertz CT molecular complexity index is 554. The van der Waals surface area contributed by atoms with Crippen LogP contribution in [-0.2, 0) is 0 Å². The lowest BCUT2D eigenvalue weighted by atomic mass is 10.1. The summed E-state index contributed by atoms with van der Waals surface area (Å²) in [6.45, 7) is 1.78. The van der Waals surface area contributed by atoms with Gasteiger partial charge in [0.1, 0.15) is 0 Å². The van der Waals surface area contributed by atoms with Gasteiger partial charge in [-0.05, 0) is 25.1 Å². The van der Waals surface area contributed by atoms with E-state index in [1.165, 1.54) is 12.1 Å². The number of hydrogen-bond donors (Lipinski definition) is 2. The Kier molecular flexibility index (Phi) is 2.04. The monoisotopic (exact) mass is 203 g/mol. The molecule has 0 radical (unpaired) electrons. The Labute approximate surface area is 85.5 Å². The van der Waals surface area contributed by atoms with E-state index in [0.29, 0.717) is 10.9 Å². The SMILES string of the molecule is Cc1[nH]c2ccc(C(=O)O)cc2c1C=O. The molecule has 2 aromatic rings. The number of aryl methyl sites for hydroxylation is 1. The van der Waals surface area contributed by atoms with Crippen molar-refractivity contribution >= 4 is 23.2 Å². The van der Waals surface area contributed by atoms with Gasteiger partial charge in [-0.15, -0.1) is 0 Å². The van der Waals surface area contributed by atoms with Gasteiger partial charge in [-0.25, -0.2) is 4.79 Å². The summed E-state index contributed by atoms with van der Waals surface area (Å²) in [6, 6.07) is 4.68. The van der Waals surface area contributed by atoms with E-state index in [4.69, 9.17) is 5.11 Å². The lowest BCUT2D eigenvalue weighted by Crippen LogP contribution is -1.95. The average molecular weight is 203 g/mol. The largest absolute Gasteiger partial charge is 0.478 e. The zero-order valence-electron chi connectivity index (χ0n) is 8.07. The van der Waals surface area contributed by atoms with Crippen LogP contribution in [0.4, 0.5) is 0 Å². The molecule has 0 saturated heterocycles. The highest BCUT2D eigenvalue weighted by Crippen LogP contribution is 2.21. The summed E-state index contributed by atoms with van der Waals surface area (Å²) < 4.78 is 0. The fraction of sp³-hybridized carbons (Fsp3) is 0.0909. The number of nitrogens with one attached hydrogen (secondary N) is 1. The van der Waals surface area contributed by atoms with Crippen LogP contribution in [0, 0.1) is 6.92 Å². The Morgan fingerprint density at radius 2 is 2.20 bits per heavy atom. The van der Waals surface area contributed by atoms with Crippen LogP contribution < -0.4 is 0 Å². The summed E-state index contributed by atoms with van der Waals surface area (Å²) in [4.78, 5) is 24.6. The molecule has 76 valence electrons. The standard InChI is InChI=1S/C11H9NO3/c1-6-9(5-13)8-4-7(11(14)15)2-3-10(8)12-6/h2-5,12H,1H3,(H,14,15). The molecule has 0 aliphatic rings. The van der Waals surface area contributed by atoms with Gasteiger partial charge in [-0.1, -0.05) is 0 Å². The van der Waals surface area contributed by atoms with Gasteiger partial charge in [-0.2, -0.15) is 0 Å². The third-order valence-electron chi connectivity index (χ3n) is 2.40. The summed E-state index contributed by atoms with van der Waals surface area (Å²) in [7, 11) is 0. The number of aldehydes is 1. The summed E-state index contributed by atoms with van der Waals surface area (Å²) >= 11 is 0. The molecule has 0 spiro atoms. The molecule has 2 rings (SSSR count). The number of aromatic carboxylic acids is 1. The molecule has 0 aliphatic carbocycles. The van der Waals surface area contributed by atoms with Gasteiger partial charge in [0.15, 0.2) is 6.29 Å². The number of fused-ring (bicyclic) bond motifs is 1. The predicted octanol–water partition coefficient (Wildman–Crippen LogP) is 1.99. The van der Waals surface area contributed by atoms with Crippen LogP contribution in [0.15, 0.2) is 18.2 Å². The fourth-order valence-electron chi connectivity index (χ4n) is 1.63. The van der Waals surface area contributed by atoms with E-state index in [0.717, 1.165) is 17.5 Å². The molecule has 4 nitrogen and oxygen atoms in total. The van der Waals surface area contributed by atoms with Crippen LogP contribution in [-0.4, -0.2) is 22.3 Å². The van der Waals surface area contributed by atoms with Crippen LogP contribution in [0.3, 0.4) is 0 Å². The first kappa shape index (κ1) is 9.45. The topological polar surface area (TPSA) is 70.2 Å². The molecular weight excluding hydrogens is 194 g/mol. The van der Waals surface area contributed by atoms with Crippen LogP contribution in [0.5, 0.6) is 0 Å². The normalized spacial score (nSPS) is 10.5. The van der Waals surface area contributed by atoms with Crippen LogP contribution in [0.25, 0.3) is 10.9 Å². The van der Waals surface area contributed by atoms with Gasteiger partial charge in [0, 0.05) is 22.2 Å². The fourth-order valence-corrected chi connectivity index (χ4v) is 1.63. The van der Waals surface area contributed by atoms with E-state index >= 15 is 0 Å². The van der Waals surface area contributed by atoms with Crippen molar-refractivity contribution in [3.63, 3.8) is 0 Å². The molecular formula is C11H9NO3. The quantitative estimate of drug-likeness (QED) is 0.733. The van der Waals surface area contributed by atoms with Crippen molar-refractivity contribution in [3.05, 3.63) is 35.0 Å². The first-order valence-corrected chi connectivity index (χ1v) is 4.44. The van der Waals surface area contributed by atoms with E-state index in [1.54, 1.807) is 13.0 Å². The maximum absolute atomic E-state index is 10.8. The summed E-state index contributed by atoms with van der Waals surface area (Å²) in [5.41, 5.74) is 2.24. The van der Waals surface area contributed by atoms with Crippen LogP contribution in [0.2, 0.25) is 0 Å². The number of H-pyrrole nitrogens is 1. The number of benzene rings is 1. The Hall–Kier alpha value is -2.10. The molecule has 0 bridgehead atoms. The molecule has 1 aromatic heterocycles. The van der Waals surface area contributed by atoms with Gasteiger partial charge >= 0.3 is 5.97 Å². The number of hydrogen-bond acceptors (Lipinski definition) is 2. The highest BCUT2D eigenvalue weighted by atomic mass is 16.4. The van der Waals surface area contributed by atoms with Gasteiger partial charge in [0.2, 0.25) is 0 Å². The minimum atomic E-state index is -0.993. The van der Waals surface area contributed by atoms with Crippen LogP contribution >= 0.6 is 0 Å². The minimum Gasteiger partial charge on any atom is -0.478 e. The number of carbonyl (C=O) groups excluding carboxylic acids is 1. The smallest absolute Gasteiger partial charge is 0.335 e. The number of carboxylic acid groups (broad SMARTS) is 1. The molecule has 0 saturated carbocycles. The zero-order chi connectivity index (χ0) is 11.0. The van der Waals surface area contributed by atoms with E-state index < -0.39 is 5.97 Å². The second-order valence-corrected chi connectivity index (χ2v) is 3.35. The van der Waals surface area contributed by atoms with Crippen LogP contribution in [0.1, 0.15) is 26.4 Å². The number of carbonyl (C=O) groups is 2. The maximum atomic E-state index is 10.8. The molecule has 4 heteroatoms. The van der Waals surface area contributed by atoms with E-state index in [-0.39, 0.29) is 5.56 Å². The molecule has 1 aromatic carbocycles. The number of carboxylic acids is 1. The lowest BCUT2D eigenvalue weighted by molar-refractivity contribution is 0.0697. The van der Waals surface area contributed by atoms with Crippen molar-refractivity contribution in [1.82, 2.24) is 4.98 Å². The van der Waals surface area contributed by atoms with Gasteiger partial charge in [-0.3, -0.25) is 4.79 Å². The second kappa shape index (κ2) is 3.24. The van der Waals surface area contributed by atoms with E-state index in [2.05, 4.69) is 4.98 Å². The number of aromatic nitrogens is 1. The number of aromatic amines is 1. The van der Waals surface area contributed by atoms with Crippen molar-refractivity contribution in [3.8, 4) is 0 Å². The molecule has 15 heavy (non-hydrogen) atoms. The third-order valence-corrected chi connectivity index (χ3v) is 2.40. The van der Waals surface area contributed by atoms with Crippen molar-refractivity contribution in [2.75, 3.05) is 0 Å². The Morgan fingerprint density at radius 3 is 2.80 bits per heavy atom. The third kappa shape index (κ3) is 1.40. The number of rotatable bonds is 2. The van der Waals surface area contributed by atoms with Gasteiger partial charge in [0.05, 0.1) is 5.56 Å². The molecule has 0 amide bonds. The highest BCUT2D eigenvalue weighted by Gasteiger charge is 2.10. The molecule has 2 N–H and O–H groups in total. The van der Waals surface area contributed by atoms with Crippen molar-refractivity contribution in [2.24, 2.45) is 0 Å². The first-order valence-electron chi connectivity index (χ1n) is 4.44. The lowest BCUT2D eigenvalue weighted by Gasteiger charge is -1.94. The molecule has 0 fully saturated rings. The summed E-state index contributed by atoms with van der Waals surface area (Å²) in [5.74, 6) is -0.993. The average Bonchev–Trinajstić information content (AvgIpc) is 2.51. The van der Waals surface area contributed by atoms with E-state index in [9.17, 15) is 9.59 Å². The highest BCUT2D eigenvalue weighted by molar-refractivity contribution is 6.02. The van der Waals surface area contributed by atoms with Gasteiger partial charge < -0.3 is 10.1 Å². The molecule has 0 aliphatic heterocycles. The molecule has 0 atom stereocenters. The maximum Gasteiger partial charge on any atom is 0.335 e. The minimum absolute atomic E-state index is 0.185. The van der Waals surface area contributed by atoms with Crippen molar-refractivity contribution < 1.29 is 14.7 Å². The van der Waals surface area contributed by atoms with Gasteiger partial charge in [0.25, 0.3) is 0 Å². The Balaban J connectivity index is 2.78. The second-order valence-electron chi connectivity index (χ2n) is 3.35. The predicted molar refractivity (Wildman–Crippen MR) is 55.4 cm³/mol. The summed E-state index contributed by atoms with van der Waals surface area (Å²) in [6.07, 6.45) is 0.736. The Morgan fingerprint density at radius 1 is 1.47 bits per heavy atom. The molecule has 0 unspecified atom stereocenters. The van der Waals surface area contributed by atoms with Crippen molar-refractivity contribution in [1.29, 1.82) is 0 Å². The van der Waals surface area contributed by atoms with Crippen molar-refractivity contribution in [2.45, 2.75) is 6.92 Å².